The van der Waals surface area contributed by atoms with Crippen molar-refractivity contribution in [2.45, 2.75) is 124 Å². The molecule has 0 aromatic rings. The quantitative estimate of drug-likeness (QED) is 0.248. The second-order valence-electron chi connectivity index (χ2n) is 19.4. The minimum absolute atomic E-state index is 0.0199. The molecule has 0 radical (unpaired) electrons. The van der Waals surface area contributed by atoms with Crippen LogP contribution < -0.4 is 5.32 Å². The van der Waals surface area contributed by atoms with E-state index in [0.29, 0.717) is 53.8 Å². The molecular weight excluding hydrogens is 628 g/mol. The first-order valence-corrected chi connectivity index (χ1v) is 21.2. The van der Waals surface area contributed by atoms with Crippen molar-refractivity contribution in [3.05, 3.63) is 35.5 Å². The van der Waals surface area contributed by atoms with Crippen molar-refractivity contribution >= 4 is 17.7 Å². The van der Waals surface area contributed by atoms with Crippen LogP contribution in [0.2, 0.25) is 0 Å². The molecule has 1 saturated heterocycles. The third-order valence-corrected chi connectivity index (χ3v) is 18.3. The first-order chi connectivity index (χ1) is 23.2. The second kappa shape index (κ2) is 12.8. The van der Waals surface area contributed by atoms with Gasteiger partial charge in [-0.05, 0) is 146 Å². The van der Waals surface area contributed by atoms with E-state index in [1.165, 1.54) is 99.2 Å². The zero-order valence-corrected chi connectivity index (χ0v) is 32.6. The summed E-state index contributed by atoms with van der Waals surface area (Å²) in [5.74, 6) is 4.95. The van der Waals surface area contributed by atoms with E-state index >= 15 is 0 Å². The van der Waals surface area contributed by atoms with E-state index < -0.39 is 18.1 Å². The average molecular weight is 695 g/mol. The van der Waals surface area contributed by atoms with E-state index in [1.807, 2.05) is 0 Å². The third kappa shape index (κ3) is 5.43. The Labute approximate surface area is 302 Å². The van der Waals surface area contributed by atoms with Crippen LogP contribution in [0.4, 0.5) is 4.39 Å². The molecule has 4 nitrogen and oxygen atoms in total. The van der Waals surface area contributed by atoms with Crippen molar-refractivity contribution < 1.29 is 14.3 Å². The van der Waals surface area contributed by atoms with E-state index in [-0.39, 0.29) is 16.4 Å². The number of allylic oxidation sites excluding steroid dienone is 5. The molecule has 4 saturated carbocycles. The Morgan fingerprint density at radius 3 is 2.37 bits per heavy atom. The van der Waals surface area contributed by atoms with Crippen LogP contribution in [-0.4, -0.2) is 65.9 Å². The number of carboxylic acid groups (broad SMARTS) is 1. The molecule has 0 aromatic carbocycles. The number of fused-ring (bicyclic) bond motifs is 7. The minimum atomic E-state index is -1.24. The molecule has 7 rings (SSSR count). The van der Waals surface area contributed by atoms with Gasteiger partial charge in [0.15, 0.2) is 0 Å². The van der Waals surface area contributed by atoms with Crippen LogP contribution in [0.5, 0.6) is 0 Å². The van der Waals surface area contributed by atoms with Crippen LogP contribution in [0.3, 0.4) is 0 Å². The summed E-state index contributed by atoms with van der Waals surface area (Å²) < 4.78 is 14.0. The SMILES string of the molecule is C=C(C)[C@@H]1CC[C@]2(NCCN3CCSCC3)CC[C@]3(C)[C@H](CC[C@@H]4[C@@]5(C)CC=C(C6=CC[C@@](CF)(C(=O)O)CC6)C(C)(C)[C@@H]5CC[C@]43C)[C@@H]12. The number of thioether (sulfide) groups is 1. The molecule has 274 valence electrons. The van der Waals surface area contributed by atoms with Gasteiger partial charge < -0.3 is 15.3 Å². The molecule has 0 spiro atoms. The van der Waals surface area contributed by atoms with Gasteiger partial charge in [0.05, 0.1) is 5.41 Å². The van der Waals surface area contributed by atoms with Crippen molar-refractivity contribution in [2.24, 2.45) is 56.7 Å². The van der Waals surface area contributed by atoms with Gasteiger partial charge in [-0.1, -0.05) is 58.9 Å². The monoisotopic (exact) mass is 694 g/mol. The van der Waals surface area contributed by atoms with Crippen LogP contribution in [-0.2, 0) is 4.79 Å². The van der Waals surface area contributed by atoms with E-state index in [9.17, 15) is 14.3 Å². The first-order valence-electron chi connectivity index (χ1n) is 20.1. The largest absolute Gasteiger partial charge is 0.481 e. The highest BCUT2D eigenvalue weighted by molar-refractivity contribution is 7.99. The smallest absolute Gasteiger partial charge is 0.312 e. The van der Waals surface area contributed by atoms with Gasteiger partial charge in [-0.15, -0.1) is 0 Å². The summed E-state index contributed by atoms with van der Waals surface area (Å²) in [7, 11) is 0. The molecular formula is C43H67FN2O2S. The molecule has 0 aromatic heterocycles. The maximum Gasteiger partial charge on any atom is 0.312 e. The van der Waals surface area contributed by atoms with Gasteiger partial charge in [-0.25, -0.2) is 4.39 Å². The molecule has 6 aliphatic carbocycles. The highest BCUT2D eigenvalue weighted by Gasteiger charge is 2.70. The van der Waals surface area contributed by atoms with E-state index in [2.05, 4.69) is 82.3 Å². The molecule has 0 bridgehead atoms. The predicted molar refractivity (Wildman–Crippen MR) is 202 cm³/mol. The topological polar surface area (TPSA) is 52.6 Å². The molecule has 1 heterocycles. The Kier molecular flexibility index (Phi) is 9.46. The number of hydrogen-bond acceptors (Lipinski definition) is 4. The number of alkyl halides is 1. The molecule has 0 amide bonds. The lowest BCUT2D eigenvalue weighted by molar-refractivity contribution is -0.221. The average Bonchev–Trinajstić information content (AvgIpc) is 3.45. The first kappa shape index (κ1) is 36.3. The standard InChI is InChI=1S/C43H67FN2O2S/c1-29(2)31-12-19-43(45-22-23-46-24-26-49-27-25-46)21-20-40(6)33(36(31)43)8-9-35-39(5)15-13-32(38(3,4)34(39)14-16-41(35,40)7)30-10-17-42(28-44,18-11-30)37(47)48/h10,13,31,33-36,45H,1,8-9,11-12,14-28H2,2-7H3,(H,47,48)/t31-,33+,34-,35+,36+,39-,40+,41+,42+,43-/m0/s1. The summed E-state index contributed by atoms with van der Waals surface area (Å²) in [4.78, 5) is 14.7. The molecule has 10 atom stereocenters. The molecule has 0 unspecified atom stereocenters. The Hall–Kier alpha value is -1.11. The Morgan fingerprint density at radius 1 is 0.959 bits per heavy atom. The van der Waals surface area contributed by atoms with Gasteiger partial charge in [0.2, 0.25) is 0 Å². The number of carboxylic acids is 1. The second-order valence-corrected chi connectivity index (χ2v) is 20.6. The van der Waals surface area contributed by atoms with E-state index in [0.717, 1.165) is 18.9 Å². The number of rotatable bonds is 8. The number of hydrogen-bond donors (Lipinski definition) is 2. The number of nitrogens with one attached hydrogen (secondary N) is 1. The van der Waals surface area contributed by atoms with E-state index in [4.69, 9.17) is 0 Å². The third-order valence-electron chi connectivity index (χ3n) is 17.3. The fourth-order valence-corrected chi connectivity index (χ4v) is 15.4. The summed E-state index contributed by atoms with van der Waals surface area (Å²) in [6.45, 7) is 24.1. The van der Waals surface area contributed by atoms with Crippen molar-refractivity contribution in [2.75, 3.05) is 44.4 Å². The number of nitrogens with zero attached hydrogens (tertiary/aromatic N) is 1. The van der Waals surface area contributed by atoms with Crippen molar-refractivity contribution in [3.8, 4) is 0 Å². The highest BCUT2D eigenvalue weighted by atomic mass is 32.2. The normalized spacial score (nSPS) is 46.4. The summed E-state index contributed by atoms with van der Waals surface area (Å²) >= 11 is 2.11. The molecule has 7 aliphatic rings. The maximum atomic E-state index is 14.0. The van der Waals surface area contributed by atoms with Crippen LogP contribution in [0.25, 0.3) is 0 Å². The van der Waals surface area contributed by atoms with Gasteiger partial charge in [0.1, 0.15) is 6.67 Å². The van der Waals surface area contributed by atoms with Gasteiger partial charge in [0, 0.05) is 43.2 Å². The van der Waals surface area contributed by atoms with Gasteiger partial charge in [0.25, 0.3) is 0 Å². The fourth-order valence-electron chi connectivity index (χ4n) is 14.4. The summed E-state index contributed by atoms with van der Waals surface area (Å²) in [6, 6.07) is 0. The molecule has 5 fully saturated rings. The highest BCUT2D eigenvalue weighted by Crippen LogP contribution is 2.76. The number of carbonyl (C=O) groups is 1. The number of halogens is 1. The van der Waals surface area contributed by atoms with Crippen LogP contribution in [0.1, 0.15) is 119 Å². The van der Waals surface area contributed by atoms with Gasteiger partial charge in [-0.3, -0.25) is 4.79 Å². The molecule has 6 heteroatoms. The summed E-state index contributed by atoms with van der Waals surface area (Å²) in [6.07, 6.45) is 17.7. The number of aliphatic carboxylic acids is 1. The van der Waals surface area contributed by atoms with Gasteiger partial charge in [-0.2, -0.15) is 11.8 Å². The van der Waals surface area contributed by atoms with Crippen LogP contribution in [0.15, 0.2) is 35.5 Å². The summed E-state index contributed by atoms with van der Waals surface area (Å²) in [5, 5.41) is 14.1. The van der Waals surface area contributed by atoms with Crippen molar-refractivity contribution in [3.63, 3.8) is 0 Å². The van der Waals surface area contributed by atoms with E-state index in [1.54, 1.807) is 0 Å². The lowest BCUT2D eigenvalue weighted by atomic mass is 9.33. The Bertz CT molecular complexity index is 1390. The minimum Gasteiger partial charge on any atom is -0.481 e. The zero-order valence-electron chi connectivity index (χ0n) is 31.8. The molecule has 2 N–H and O–H groups in total. The van der Waals surface area contributed by atoms with Gasteiger partial charge >= 0.3 is 5.97 Å². The lowest BCUT2D eigenvalue weighted by Gasteiger charge is -2.72. The Balaban J connectivity index is 1.15. The van der Waals surface area contributed by atoms with Crippen LogP contribution >= 0.6 is 11.8 Å². The molecule has 1 aliphatic heterocycles. The Morgan fingerprint density at radius 2 is 1.71 bits per heavy atom. The van der Waals surface area contributed by atoms with Crippen molar-refractivity contribution in [1.82, 2.24) is 10.2 Å². The predicted octanol–water partition coefficient (Wildman–Crippen LogP) is 9.72. The van der Waals surface area contributed by atoms with Crippen LogP contribution in [0, 0.1) is 56.7 Å². The van der Waals surface area contributed by atoms with Crippen molar-refractivity contribution in [1.29, 1.82) is 0 Å². The fraction of sp³-hybridized carbons (Fsp3) is 0.837. The lowest BCUT2D eigenvalue weighted by Crippen LogP contribution is -2.68. The summed E-state index contributed by atoms with van der Waals surface area (Å²) in [5.41, 5.74) is 4.09. The zero-order chi connectivity index (χ0) is 35.0. The molecule has 49 heavy (non-hydrogen) atoms. The maximum absolute atomic E-state index is 14.0.